The topological polar surface area (TPSA) is 104 Å². The summed E-state index contributed by atoms with van der Waals surface area (Å²) >= 11 is 0. The van der Waals surface area contributed by atoms with Gasteiger partial charge in [-0.3, -0.25) is 9.52 Å². The van der Waals surface area contributed by atoms with Gasteiger partial charge in [0.05, 0.1) is 16.2 Å². The molecule has 2 aromatic rings. The lowest BCUT2D eigenvalue weighted by molar-refractivity contribution is -0.111. The molecule has 6 nitrogen and oxygen atoms in total. The molecule has 0 aromatic heterocycles. The number of anilines is 1. The van der Waals surface area contributed by atoms with Crippen molar-refractivity contribution in [1.82, 2.24) is 0 Å². The number of Topliss-reactive ketones (excluding diaryl/α,β-unsaturated/α-hetero) is 1. The van der Waals surface area contributed by atoms with Crippen LogP contribution >= 0.6 is 0 Å². The molecule has 0 radical (unpaired) electrons. The minimum Gasteiger partial charge on any atom is -0.512 e. The lowest BCUT2D eigenvalue weighted by Gasteiger charge is -2.15. The number of hydrogen-bond donors (Lipinski definition) is 3. The van der Waals surface area contributed by atoms with Crippen LogP contribution in [0.15, 0.2) is 47.1 Å². The number of benzene rings is 2. The van der Waals surface area contributed by atoms with E-state index in [0.29, 0.717) is 5.56 Å². The van der Waals surface area contributed by atoms with Gasteiger partial charge in [0.1, 0.15) is 11.5 Å². The van der Waals surface area contributed by atoms with E-state index < -0.39 is 15.8 Å². The Morgan fingerprint density at radius 2 is 1.62 bits per heavy atom. The molecule has 26 heavy (non-hydrogen) atoms. The SMILES string of the molecule is CC(=O)C(=C(C)O)c1cc(NS(=O)(=O)c2ccc(C)cc2)c(C)cc1O. The van der Waals surface area contributed by atoms with Gasteiger partial charge < -0.3 is 10.2 Å². The minimum atomic E-state index is -3.84. The number of aromatic hydroxyl groups is 1. The first-order valence-corrected chi connectivity index (χ1v) is 9.35. The summed E-state index contributed by atoms with van der Waals surface area (Å²) in [5, 5.41) is 19.9. The van der Waals surface area contributed by atoms with Crippen LogP contribution in [-0.4, -0.2) is 24.4 Å². The zero-order chi connectivity index (χ0) is 19.6. The van der Waals surface area contributed by atoms with Crippen molar-refractivity contribution in [2.75, 3.05) is 4.72 Å². The Kier molecular flexibility index (Phi) is 5.41. The molecule has 3 N–H and O–H groups in total. The highest BCUT2D eigenvalue weighted by atomic mass is 32.2. The lowest BCUT2D eigenvalue weighted by Crippen LogP contribution is -2.14. The number of rotatable bonds is 5. The van der Waals surface area contributed by atoms with Gasteiger partial charge in [0.2, 0.25) is 0 Å². The molecule has 2 rings (SSSR count). The predicted molar refractivity (Wildman–Crippen MR) is 101 cm³/mol. The number of aliphatic hydroxyl groups excluding tert-OH is 1. The van der Waals surface area contributed by atoms with Crippen molar-refractivity contribution >= 4 is 27.1 Å². The number of carbonyl (C=O) groups excluding carboxylic acids is 1. The molecule has 138 valence electrons. The zero-order valence-electron chi connectivity index (χ0n) is 15.0. The van der Waals surface area contributed by atoms with Gasteiger partial charge in [-0.1, -0.05) is 17.7 Å². The third kappa shape index (κ3) is 4.05. The molecule has 0 heterocycles. The maximum absolute atomic E-state index is 12.6. The molecule has 7 heteroatoms. The second-order valence-corrected chi connectivity index (χ2v) is 7.80. The first-order valence-electron chi connectivity index (χ1n) is 7.87. The Morgan fingerprint density at radius 1 is 1.04 bits per heavy atom. The van der Waals surface area contributed by atoms with E-state index in [-0.39, 0.29) is 33.2 Å². The van der Waals surface area contributed by atoms with Gasteiger partial charge >= 0.3 is 0 Å². The van der Waals surface area contributed by atoms with Crippen molar-refractivity contribution in [2.24, 2.45) is 0 Å². The molecule has 0 spiro atoms. The number of phenolic OH excluding ortho intramolecular Hbond substituents is 1. The number of aliphatic hydroxyl groups is 1. The molecule has 0 aliphatic carbocycles. The van der Waals surface area contributed by atoms with Gasteiger partial charge in [0.25, 0.3) is 10.0 Å². The Bertz CT molecular complexity index is 985. The van der Waals surface area contributed by atoms with E-state index in [1.165, 1.54) is 38.1 Å². The van der Waals surface area contributed by atoms with E-state index in [0.717, 1.165) is 5.56 Å². The lowest BCUT2D eigenvalue weighted by atomic mass is 9.98. The van der Waals surface area contributed by atoms with Crippen molar-refractivity contribution in [1.29, 1.82) is 0 Å². The van der Waals surface area contributed by atoms with E-state index >= 15 is 0 Å². The van der Waals surface area contributed by atoms with Crippen molar-refractivity contribution in [2.45, 2.75) is 32.6 Å². The van der Waals surface area contributed by atoms with Gasteiger partial charge in [-0.2, -0.15) is 0 Å². The normalized spacial score (nSPS) is 12.5. The standard InChI is InChI=1S/C19H21NO5S/c1-11-5-7-15(8-6-11)26(24,25)20-17-10-16(18(23)9-12(17)2)19(13(3)21)14(4)22/h5-10,20-21,23H,1-4H3. The summed E-state index contributed by atoms with van der Waals surface area (Å²) in [5.74, 6) is -0.931. The molecule has 0 unspecified atom stereocenters. The number of sulfonamides is 1. The van der Waals surface area contributed by atoms with Gasteiger partial charge in [0.15, 0.2) is 5.78 Å². The molecule has 0 bridgehead atoms. The number of nitrogens with one attached hydrogen (secondary N) is 1. The molecule has 0 saturated heterocycles. The van der Waals surface area contributed by atoms with Gasteiger partial charge in [-0.25, -0.2) is 8.42 Å². The second kappa shape index (κ2) is 7.21. The molecule has 0 amide bonds. The van der Waals surface area contributed by atoms with Crippen molar-refractivity contribution in [3.05, 3.63) is 58.8 Å². The maximum atomic E-state index is 12.6. The number of phenols is 1. The summed E-state index contributed by atoms with van der Waals surface area (Å²) in [6.45, 7) is 6.06. The molecule has 0 saturated carbocycles. The average molecular weight is 375 g/mol. The van der Waals surface area contributed by atoms with E-state index in [2.05, 4.69) is 4.72 Å². The monoisotopic (exact) mass is 375 g/mol. The van der Waals surface area contributed by atoms with Crippen LogP contribution in [0.4, 0.5) is 5.69 Å². The van der Waals surface area contributed by atoms with E-state index in [1.807, 2.05) is 6.92 Å². The number of ketones is 1. The van der Waals surface area contributed by atoms with Crippen LogP contribution in [0.25, 0.3) is 5.57 Å². The van der Waals surface area contributed by atoms with Gasteiger partial charge in [0, 0.05) is 5.56 Å². The van der Waals surface area contributed by atoms with Gasteiger partial charge in [-0.05, 0) is 57.5 Å². The Balaban J connectivity index is 2.54. The highest BCUT2D eigenvalue weighted by molar-refractivity contribution is 7.92. The smallest absolute Gasteiger partial charge is 0.261 e. The first-order chi connectivity index (χ1) is 12.0. The fourth-order valence-corrected chi connectivity index (χ4v) is 3.68. The third-order valence-electron chi connectivity index (χ3n) is 3.90. The highest BCUT2D eigenvalue weighted by Crippen LogP contribution is 2.33. The fourth-order valence-electron chi connectivity index (χ4n) is 2.56. The molecule has 2 aromatic carbocycles. The largest absolute Gasteiger partial charge is 0.512 e. The minimum absolute atomic E-state index is 0.0599. The third-order valence-corrected chi connectivity index (χ3v) is 5.28. The Hall–Kier alpha value is -2.80. The molecule has 0 fully saturated rings. The fraction of sp³-hybridized carbons (Fsp3) is 0.211. The molecular weight excluding hydrogens is 354 g/mol. The number of allylic oxidation sites excluding steroid dienone is 2. The van der Waals surface area contributed by atoms with Crippen LogP contribution < -0.4 is 4.72 Å². The molecular formula is C19H21NO5S. The average Bonchev–Trinajstić information content (AvgIpc) is 2.51. The van der Waals surface area contributed by atoms with Crippen molar-refractivity contribution < 1.29 is 23.4 Å². The van der Waals surface area contributed by atoms with Crippen LogP contribution in [-0.2, 0) is 14.8 Å². The second-order valence-electron chi connectivity index (χ2n) is 6.12. The summed E-state index contributed by atoms with van der Waals surface area (Å²) in [6, 6.07) is 9.05. The van der Waals surface area contributed by atoms with E-state index in [4.69, 9.17) is 0 Å². The number of hydrogen-bond acceptors (Lipinski definition) is 5. The summed E-state index contributed by atoms with van der Waals surface area (Å²) in [5.41, 5.74) is 1.60. The summed E-state index contributed by atoms with van der Waals surface area (Å²) in [4.78, 5) is 11.9. The first kappa shape index (κ1) is 19.5. The van der Waals surface area contributed by atoms with Crippen molar-refractivity contribution in [3.63, 3.8) is 0 Å². The number of aryl methyl sites for hydroxylation is 2. The van der Waals surface area contributed by atoms with Gasteiger partial charge in [-0.15, -0.1) is 0 Å². The summed E-state index contributed by atoms with van der Waals surface area (Å²) < 4.78 is 27.7. The van der Waals surface area contributed by atoms with Crippen LogP contribution in [0, 0.1) is 13.8 Å². The summed E-state index contributed by atoms with van der Waals surface area (Å²) in [7, 11) is -3.84. The zero-order valence-corrected chi connectivity index (χ0v) is 15.8. The van der Waals surface area contributed by atoms with E-state index in [9.17, 15) is 23.4 Å². The highest BCUT2D eigenvalue weighted by Gasteiger charge is 2.20. The van der Waals surface area contributed by atoms with Crippen LogP contribution in [0.1, 0.15) is 30.5 Å². The van der Waals surface area contributed by atoms with Crippen LogP contribution in [0.3, 0.4) is 0 Å². The van der Waals surface area contributed by atoms with Crippen molar-refractivity contribution in [3.8, 4) is 5.75 Å². The Morgan fingerprint density at radius 3 is 2.12 bits per heavy atom. The number of carbonyl (C=O) groups is 1. The van der Waals surface area contributed by atoms with Crippen LogP contribution in [0.2, 0.25) is 0 Å². The molecule has 0 atom stereocenters. The van der Waals surface area contributed by atoms with E-state index in [1.54, 1.807) is 19.1 Å². The predicted octanol–water partition coefficient (Wildman–Crippen LogP) is 3.69. The van der Waals surface area contributed by atoms with Crippen LogP contribution in [0.5, 0.6) is 5.75 Å². The Labute approximate surface area is 152 Å². The maximum Gasteiger partial charge on any atom is 0.261 e. The molecule has 0 aliphatic rings. The summed E-state index contributed by atoms with van der Waals surface area (Å²) in [6.07, 6.45) is 0. The molecule has 0 aliphatic heterocycles. The quantitative estimate of drug-likeness (QED) is 0.420.